The predicted octanol–water partition coefficient (Wildman–Crippen LogP) is 1.74. The van der Waals surface area contributed by atoms with Crippen LogP contribution in [0.4, 0.5) is 0 Å². The van der Waals surface area contributed by atoms with Gasteiger partial charge in [-0.1, -0.05) is 26.0 Å². The molecule has 0 radical (unpaired) electrons. The third-order valence-electron chi connectivity index (χ3n) is 5.39. The second-order valence-electron chi connectivity index (χ2n) is 8.06. The van der Waals surface area contributed by atoms with E-state index in [4.69, 9.17) is 0 Å². The molecular formula is C20H28N4O3. The quantitative estimate of drug-likeness (QED) is 0.563. The first kappa shape index (κ1) is 19.3. The van der Waals surface area contributed by atoms with E-state index >= 15 is 0 Å². The molecule has 1 aromatic heterocycles. The smallest absolute Gasteiger partial charge is 0.245 e. The highest BCUT2D eigenvalue weighted by molar-refractivity contribution is 6.08. The molecule has 0 spiro atoms. The standard InChI is InChI=1S/C20H28N4O3/c1-13(2)9-17(20(27)22(3)11-14-10-21-23(4)12-14)24-18(25)15-7-5-6-8-16(15)19(24)26/h5-6,10,12-13,15-17H,7-9,11H2,1-4H3/t15-,16+,17-/m0/s1. The van der Waals surface area contributed by atoms with Gasteiger partial charge in [-0.2, -0.15) is 5.10 Å². The molecule has 1 saturated heterocycles. The third-order valence-corrected chi connectivity index (χ3v) is 5.39. The first-order valence-electron chi connectivity index (χ1n) is 9.54. The highest BCUT2D eigenvalue weighted by Crippen LogP contribution is 2.37. The van der Waals surface area contributed by atoms with E-state index in [1.807, 2.05) is 39.2 Å². The summed E-state index contributed by atoms with van der Waals surface area (Å²) < 4.78 is 1.68. The summed E-state index contributed by atoms with van der Waals surface area (Å²) in [4.78, 5) is 42.0. The molecule has 1 aliphatic carbocycles. The Morgan fingerprint density at radius 2 is 1.81 bits per heavy atom. The van der Waals surface area contributed by atoms with Crippen LogP contribution < -0.4 is 0 Å². The molecule has 0 unspecified atom stereocenters. The van der Waals surface area contributed by atoms with Crippen molar-refractivity contribution < 1.29 is 14.4 Å². The van der Waals surface area contributed by atoms with Gasteiger partial charge in [0.15, 0.2) is 0 Å². The van der Waals surface area contributed by atoms with Crippen LogP contribution in [0.5, 0.6) is 0 Å². The van der Waals surface area contributed by atoms with E-state index in [1.165, 1.54) is 4.90 Å². The average molecular weight is 372 g/mol. The van der Waals surface area contributed by atoms with Gasteiger partial charge in [-0.15, -0.1) is 0 Å². The largest absolute Gasteiger partial charge is 0.340 e. The minimum atomic E-state index is -0.739. The number of hydrogen-bond acceptors (Lipinski definition) is 4. The van der Waals surface area contributed by atoms with E-state index in [-0.39, 0.29) is 35.5 Å². The highest BCUT2D eigenvalue weighted by atomic mass is 16.2. The zero-order chi connectivity index (χ0) is 19.7. The van der Waals surface area contributed by atoms with Crippen molar-refractivity contribution in [2.45, 2.75) is 45.7 Å². The zero-order valence-electron chi connectivity index (χ0n) is 16.5. The molecule has 1 aromatic rings. The number of nitrogens with zero attached hydrogens (tertiary/aromatic N) is 4. The Balaban J connectivity index is 1.81. The van der Waals surface area contributed by atoms with Crippen molar-refractivity contribution in [3.63, 3.8) is 0 Å². The van der Waals surface area contributed by atoms with E-state index in [0.717, 1.165) is 5.56 Å². The monoisotopic (exact) mass is 372 g/mol. The highest BCUT2D eigenvalue weighted by Gasteiger charge is 2.51. The molecule has 7 heteroatoms. The fourth-order valence-corrected chi connectivity index (χ4v) is 4.06. The Morgan fingerprint density at radius 1 is 1.22 bits per heavy atom. The second kappa shape index (κ2) is 7.66. The first-order valence-corrected chi connectivity index (χ1v) is 9.54. The summed E-state index contributed by atoms with van der Waals surface area (Å²) in [7, 11) is 3.53. The number of rotatable bonds is 6. The van der Waals surface area contributed by atoms with Gasteiger partial charge in [-0.3, -0.25) is 24.0 Å². The van der Waals surface area contributed by atoms with Crippen molar-refractivity contribution in [1.82, 2.24) is 19.6 Å². The summed E-state index contributed by atoms with van der Waals surface area (Å²) in [6.07, 6.45) is 9.13. The van der Waals surface area contributed by atoms with Crippen molar-refractivity contribution in [2.24, 2.45) is 24.8 Å². The van der Waals surface area contributed by atoms with Crippen LogP contribution in [-0.4, -0.2) is 50.4 Å². The van der Waals surface area contributed by atoms with Crippen LogP contribution in [-0.2, 0) is 28.0 Å². The minimum Gasteiger partial charge on any atom is -0.340 e. The summed E-state index contributed by atoms with van der Waals surface area (Å²) in [5.74, 6) is -1.01. The first-order chi connectivity index (χ1) is 12.8. The Labute approximate surface area is 160 Å². The van der Waals surface area contributed by atoms with Crippen molar-refractivity contribution in [1.29, 1.82) is 0 Å². The number of hydrogen-bond donors (Lipinski definition) is 0. The van der Waals surface area contributed by atoms with Gasteiger partial charge in [0.05, 0.1) is 18.0 Å². The van der Waals surface area contributed by atoms with Gasteiger partial charge in [-0.05, 0) is 25.2 Å². The molecule has 0 aromatic carbocycles. The van der Waals surface area contributed by atoms with Gasteiger partial charge in [0.25, 0.3) is 0 Å². The van der Waals surface area contributed by atoms with Gasteiger partial charge in [0.1, 0.15) is 6.04 Å². The van der Waals surface area contributed by atoms with Crippen LogP contribution in [0, 0.1) is 17.8 Å². The average Bonchev–Trinajstić information content (AvgIpc) is 3.14. The molecule has 7 nitrogen and oxygen atoms in total. The molecule has 146 valence electrons. The molecule has 1 fully saturated rings. The lowest BCUT2D eigenvalue weighted by Crippen LogP contribution is -2.50. The Bertz CT molecular complexity index is 741. The molecule has 0 N–H and O–H groups in total. The Morgan fingerprint density at radius 3 is 2.30 bits per heavy atom. The summed E-state index contributed by atoms with van der Waals surface area (Å²) in [5.41, 5.74) is 0.911. The van der Waals surface area contributed by atoms with Gasteiger partial charge in [-0.25, -0.2) is 0 Å². The molecular weight excluding hydrogens is 344 g/mol. The molecule has 3 amide bonds. The summed E-state index contributed by atoms with van der Waals surface area (Å²) in [6, 6.07) is -0.739. The van der Waals surface area contributed by atoms with Crippen LogP contribution >= 0.6 is 0 Å². The van der Waals surface area contributed by atoms with Gasteiger partial charge < -0.3 is 4.90 Å². The van der Waals surface area contributed by atoms with E-state index in [0.29, 0.717) is 25.8 Å². The third kappa shape index (κ3) is 3.82. The lowest BCUT2D eigenvalue weighted by molar-refractivity contribution is -0.152. The number of likely N-dealkylation sites (N-methyl/N-ethyl adjacent to an activating group) is 1. The SMILES string of the molecule is CC(C)C[C@@H](C(=O)N(C)Cc1cnn(C)c1)N1C(=O)[C@H]2CC=CC[C@H]2C1=O. The molecule has 3 atom stereocenters. The Hall–Kier alpha value is -2.44. The van der Waals surface area contributed by atoms with Crippen molar-refractivity contribution in [2.75, 3.05) is 7.05 Å². The molecule has 0 bridgehead atoms. The second-order valence-corrected chi connectivity index (χ2v) is 8.06. The summed E-state index contributed by atoms with van der Waals surface area (Å²) >= 11 is 0. The molecule has 1 aliphatic heterocycles. The zero-order valence-corrected chi connectivity index (χ0v) is 16.5. The van der Waals surface area contributed by atoms with E-state index in [1.54, 1.807) is 22.8 Å². The number of carbonyl (C=O) groups is 3. The number of aryl methyl sites for hydroxylation is 1. The number of carbonyl (C=O) groups excluding carboxylic acids is 3. The molecule has 2 heterocycles. The maximum absolute atomic E-state index is 13.2. The lowest BCUT2D eigenvalue weighted by atomic mass is 9.85. The van der Waals surface area contributed by atoms with Crippen LogP contribution in [0.15, 0.2) is 24.5 Å². The minimum absolute atomic E-state index is 0.187. The molecule has 0 saturated carbocycles. The van der Waals surface area contributed by atoms with Crippen molar-refractivity contribution in [3.05, 3.63) is 30.1 Å². The maximum atomic E-state index is 13.2. The fourth-order valence-electron chi connectivity index (χ4n) is 4.06. The van der Waals surface area contributed by atoms with Gasteiger partial charge in [0, 0.05) is 32.4 Å². The van der Waals surface area contributed by atoms with Crippen LogP contribution in [0.2, 0.25) is 0 Å². The van der Waals surface area contributed by atoms with Crippen LogP contribution in [0.25, 0.3) is 0 Å². The maximum Gasteiger partial charge on any atom is 0.245 e. The summed E-state index contributed by atoms with van der Waals surface area (Å²) in [5, 5.41) is 4.13. The van der Waals surface area contributed by atoms with Gasteiger partial charge in [0.2, 0.25) is 17.7 Å². The van der Waals surface area contributed by atoms with Gasteiger partial charge >= 0.3 is 0 Å². The number of imide groups is 1. The van der Waals surface area contributed by atoms with E-state index in [9.17, 15) is 14.4 Å². The number of likely N-dealkylation sites (tertiary alicyclic amines) is 1. The van der Waals surface area contributed by atoms with Crippen molar-refractivity contribution >= 4 is 17.7 Å². The normalized spacial score (nSPS) is 23.1. The Kier molecular flexibility index (Phi) is 5.48. The number of amides is 3. The number of allylic oxidation sites excluding steroid dienone is 2. The molecule has 27 heavy (non-hydrogen) atoms. The number of aromatic nitrogens is 2. The van der Waals surface area contributed by atoms with Crippen molar-refractivity contribution in [3.8, 4) is 0 Å². The van der Waals surface area contributed by atoms with Crippen LogP contribution in [0.1, 0.15) is 38.7 Å². The molecule has 3 rings (SSSR count). The number of fused-ring (bicyclic) bond motifs is 1. The van der Waals surface area contributed by atoms with E-state index in [2.05, 4.69) is 5.10 Å². The lowest BCUT2D eigenvalue weighted by Gasteiger charge is -2.30. The fraction of sp³-hybridized carbons (Fsp3) is 0.600. The van der Waals surface area contributed by atoms with Crippen LogP contribution in [0.3, 0.4) is 0 Å². The molecule has 2 aliphatic rings. The van der Waals surface area contributed by atoms with E-state index < -0.39 is 6.04 Å². The summed E-state index contributed by atoms with van der Waals surface area (Å²) in [6.45, 7) is 4.40. The topological polar surface area (TPSA) is 75.5 Å². The predicted molar refractivity (Wildman–Crippen MR) is 100 cm³/mol.